The molecule has 2 N–H and O–H groups in total. The number of imidazole rings is 1. The molecule has 30 heavy (non-hydrogen) atoms. The number of aromatic nitrogens is 4. The minimum atomic E-state index is -0.286. The molecule has 0 saturated carbocycles. The molecule has 1 amide bonds. The molecule has 1 atom stereocenters. The Labute approximate surface area is 173 Å². The number of H-pyrrole nitrogens is 1. The van der Waals surface area contributed by atoms with Gasteiger partial charge in [-0.3, -0.25) is 14.2 Å². The van der Waals surface area contributed by atoms with Gasteiger partial charge in [-0.2, -0.15) is 0 Å². The van der Waals surface area contributed by atoms with Gasteiger partial charge in [0.05, 0.1) is 28.0 Å². The van der Waals surface area contributed by atoms with Crippen molar-refractivity contribution < 1.29 is 4.79 Å². The quantitative estimate of drug-likeness (QED) is 0.550. The van der Waals surface area contributed by atoms with E-state index in [9.17, 15) is 9.59 Å². The Hall–Kier alpha value is -3.48. The van der Waals surface area contributed by atoms with Gasteiger partial charge in [0.15, 0.2) is 0 Å². The van der Waals surface area contributed by atoms with Crippen molar-refractivity contribution in [3.8, 4) is 0 Å². The highest BCUT2D eigenvalue weighted by Gasteiger charge is 2.18. The summed E-state index contributed by atoms with van der Waals surface area (Å²) in [5.41, 5.74) is 2.85. The standard InChI is InChI=1S/C23H23N5O2/c1-14(21-26-17-7-4-5-8-18(17)27-21)24-22(29)15-10-11-16-19(13-15)25-20-9-3-2-6-12-28(20)23(16)30/h4-5,7-8,10-11,13-14H,2-3,6,9,12H2,1H3,(H,24,29)(H,26,27)/t14-/m0/s1. The smallest absolute Gasteiger partial charge is 0.261 e. The number of amides is 1. The van der Waals surface area contributed by atoms with E-state index in [1.807, 2.05) is 31.2 Å². The zero-order valence-corrected chi connectivity index (χ0v) is 16.8. The summed E-state index contributed by atoms with van der Waals surface area (Å²) in [6, 6.07) is 12.6. The molecule has 4 aromatic rings. The van der Waals surface area contributed by atoms with Crippen LogP contribution >= 0.6 is 0 Å². The number of aryl methyl sites for hydroxylation is 1. The Bertz CT molecular complexity index is 1290. The molecule has 3 heterocycles. The molecule has 0 unspecified atom stereocenters. The number of fused-ring (bicyclic) bond motifs is 3. The fraction of sp³-hybridized carbons (Fsp3) is 0.304. The lowest BCUT2D eigenvalue weighted by Crippen LogP contribution is -2.28. The highest BCUT2D eigenvalue weighted by molar-refractivity contribution is 5.97. The SMILES string of the molecule is C[C@H](NC(=O)c1ccc2c(=O)n3c(nc2c1)CCCCC3)c1nc2ccccc2[nH]1. The second kappa shape index (κ2) is 7.40. The van der Waals surface area contributed by atoms with Crippen LogP contribution in [-0.2, 0) is 13.0 Å². The summed E-state index contributed by atoms with van der Waals surface area (Å²) < 4.78 is 1.79. The van der Waals surface area contributed by atoms with Crippen molar-refractivity contribution in [2.45, 2.75) is 45.2 Å². The van der Waals surface area contributed by atoms with Crippen LogP contribution in [0.5, 0.6) is 0 Å². The summed E-state index contributed by atoms with van der Waals surface area (Å²) in [5, 5.41) is 3.54. The second-order valence-electron chi connectivity index (χ2n) is 7.86. The molecule has 2 aromatic carbocycles. The molecule has 0 radical (unpaired) electrons. The Morgan fingerprint density at radius 3 is 2.83 bits per heavy atom. The minimum absolute atomic E-state index is 0.0144. The van der Waals surface area contributed by atoms with Crippen LogP contribution in [0, 0.1) is 0 Å². The zero-order valence-electron chi connectivity index (χ0n) is 16.8. The number of para-hydroxylation sites is 2. The van der Waals surface area contributed by atoms with Gasteiger partial charge in [-0.05, 0) is 50.1 Å². The summed E-state index contributed by atoms with van der Waals surface area (Å²) in [7, 11) is 0. The van der Waals surface area contributed by atoms with Crippen LogP contribution in [0.1, 0.15) is 54.2 Å². The van der Waals surface area contributed by atoms with Gasteiger partial charge in [-0.15, -0.1) is 0 Å². The number of rotatable bonds is 3. The molecule has 0 saturated heterocycles. The first-order valence-electron chi connectivity index (χ1n) is 10.4. The van der Waals surface area contributed by atoms with E-state index in [1.54, 1.807) is 22.8 Å². The average molecular weight is 401 g/mol. The van der Waals surface area contributed by atoms with Crippen LogP contribution in [0.4, 0.5) is 0 Å². The van der Waals surface area contributed by atoms with Gasteiger partial charge in [0.25, 0.3) is 11.5 Å². The molecule has 0 spiro atoms. The Kier molecular flexibility index (Phi) is 4.58. The lowest BCUT2D eigenvalue weighted by Gasteiger charge is -2.13. The lowest BCUT2D eigenvalue weighted by molar-refractivity contribution is 0.0938. The molecule has 1 aliphatic heterocycles. The Morgan fingerprint density at radius 1 is 1.10 bits per heavy atom. The maximum Gasteiger partial charge on any atom is 0.261 e. The maximum atomic E-state index is 12.9. The van der Waals surface area contributed by atoms with Crippen molar-refractivity contribution in [2.75, 3.05) is 0 Å². The molecule has 5 rings (SSSR count). The van der Waals surface area contributed by atoms with Crippen LogP contribution in [0.2, 0.25) is 0 Å². The van der Waals surface area contributed by atoms with Crippen LogP contribution in [0.15, 0.2) is 47.3 Å². The number of nitrogens with one attached hydrogen (secondary N) is 2. The molecule has 7 heteroatoms. The van der Waals surface area contributed by atoms with Gasteiger partial charge in [0, 0.05) is 18.5 Å². The first-order chi connectivity index (χ1) is 14.6. The van der Waals surface area contributed by atoms with Crippen LogP contribution < -0.4 is 10.9 Å². The summed E-state index contributed by atoms with van der Waals surface area (Å²) >= 11 is 0. The third-order valence-electron chi connectivity index (χ3n) is 5.74. The minimum Gasteiger partial charge on any atom is -0.342 e. The summed E-state index contributed by atoms with van der Waals surface area (Å²) in [6.45, 7) is 2.61. The van der Waals surface area contributed by atoms with Gasteiger partial charge in [0.2, 0.25) is 0 Å². The highest BCUT2D eigenvalue weighted by Crippen LogP contribution is 2.18. The predicted molar refractivity (Wildman–Crippen MR) is 116 cm³/mol. The molecule has 0 fully saturated rings. The van der Waals surface area contributed by atoms with Crippen molar-refractivity contribution >= 4 is 27.8 Å². The molecule has 152 valence electrons. The third-order valence-corrected chi connectivity index (χ3v) is 5.74. The monoisotopic (exact) mass is 401 g/mol. The Morgan fingerprint density at radius 2 is 1.97 bits per heavy atom. The number of carbonyl (C=O) groups is 1. The Balaban J connectivity index is 1.43. The van der Waals surface area contributed by atoms with Gasteiger partial charge in [0.1, 0.15) is 11.6 Å². The van der Waals surface area contributed by atoms with E-state index >= 15 is 0 Å². The molecular weight excluding hydrogens is 378 g/mol. The number of carbonyl (C=O) groups excluding carboxylic acids is 1. The lowest BCUT2D eigenvalue weighted by atomic mass is 10.1. The second-order valence-corrected chi connectivity index (χ2v) is 7.86. The van der Waals surface area contributed by atoms with Crippen LogP contribution in [-0.4, -0.2) is 25.4 Å². The predicted octanol–water partition coefficient (Wildman–Crippen LogP) is 3.49. The first kappa shape index (κ1) is 18.5. The van der Waals surface area contributed by atoms with E-state index < -0.39 is 0 Å². The number of aromatic amines is 1. The van der Waals surface area contributed by atoms with Crippen molar-refractivity contribution in [2.24, 2.45) is 0 Å². The van der Waals surface area contributed by atoms with Crippen LogP contribution in [0.25, 0.3) is 21.9 Å². The first-order valence-corrected chi connectivity index (χ1v) is 10.4. The van der Waals surface area contributed by atoms with Gasteiger partial charge < -0.3 is 10.3 Å². The van der Waals surface area contributed by atoms with E-state index in [0.717, 1.165) is 42.5 Å². The van der Waals surface area contributed by atoms with Gasteiger partial charge >= 0.3 is 0 Å². The number of hydrogen-bond acceptors (Lipinski definition) is 4. The molecule has 1 aliphatic rings. The molecule has 7 nitrogen and oxygen atoms in total. The van der Waals surface area contributed by atoms with Crippen molar-refractivity contribution in [1.29, 1.82) is 0 Å². The van der Waals surface area contributed by atoms with Crippen LogP contribution in [0.3, 0.4) is 0 Å². The van der Waals surface area contributed by atoms with E-state index in [1.165, 1.54) is 0 Å². The summed E-state index contributed by atoms with van der Waals surface area (Å²) in [5.74, 6) is 1.30. The van der Waals surface area contributed by atoms with Gasteiger partial charge in [-0.25, -0.2) is 9.97 Å². The largest absolute Gasteiger partial charge is 0.342 e. The fourth-order valence-corrected chi connectivity index (χ4v) is 4.09. The van der Waals surface area contributed by atoms with E-state index in [-0.39, 0.29) is 17.5 Å². The van der Waals surface area contributed by atoms with E-state index in [0.29, 0.717) is 28.8 Å². The number of nitrogens with zero attached hydrogens (tertiary/aromatic N) is 3. The molecule has 0 bridgehead atoms. The summed E-state index contributed by atoms with van der Waals surface area (Å²) in [4.78, 5) is 38.2. The van der Waals surface area contributed by atoms with E-state index in [2.05, 4.69) is 15.3 Å². The molecule has 0 aliphatic carbocycles. The molecule has 2 aromatic heterocycles. The van der Waals surface area contributed by atoms with Crippen molar-refractivity contribution in [1.82, 2.24) is 24.8 Å². The van der Waals surface area contributed by atoms with Gasteiger partial charge in [-0.1, -0.05) is 18.6 Å². The third kappa shape index (κ3) is 3.26. The van der Waals surface area contributed by atoms with E-state index in [4.69, 9.17) is 4.98 Å². The number of hydrogen-bond donors (Lipinski definition) is 2. The van der Waals surface area contributed by atoms with Crippen molar-refractivity contribution in [3.05, 3.63) is 70.0 Å². The average Bonchev–Trinajstić information content (AvgIpc) is 3.05. The maximum absolute atomic E-state index is 12.9. The van der Waals surface area contributed by atoms with Crippen molar-refractivity contribution in [3.63, 3.8) is 0 Å². The number of benzene rings is 2. The normalized spacial score (nSPS) is 15.0. The summed E-state index contributed by atoms with van der Waals surface area (Å²) in [6.07, 6.45) is 3.94. The molecular formula is C23H23N5O2. The topological polar surface area (TPSA) is 92.7 Å². The zero-order chi connectivity index (χ0) is 20.7. The fourth-order valence-electron chi connectivity index (χ4n) is 4.09. The highest BCUT2D eigenvalue weighted by atomic mass is 16.1.